The van der Waals surface area contributed by atoms with Crippen molar-refractivity contribution in [3.63, 3.8) is 0 Å². The van der Waals surface area contributed by atoms with Gasteiger partial charge < -0.3 is 0 Å². The number of benzene rings is 2. The Morgan fingerprint density at radius 2 is 1.18 bits per heavy atom. The first-order chi connectivity index (χ1) is 8.45. The molecule has 2 aromatic rings. The zero-order chi connectivity index (χ0) is 11.5. The molecule has 0 N–H and O–H groups in total. The van der Waals surface area contributed by atoms with Gasteiger partial charge in [-0.05, 0) is 43.5 Å². The zero-order valence-corrected chi connectivity index (χ0v) is 10.7. The minimum absolute atomic E-state index is 0.291. The van der Waals surface area contributed by atoms with Crippen LogP contribution in [0.2, 0.25) is 0 Å². The third kappa shape index (κ3) is 2.25. The summed E-state index contributed by atoms with van der Waals surface area (Å²) >= 11 is 0. The molecule has 1 aliphatic carbocycles. The Balaban J connectivity index is 1.98. The summed E-state index contributed by atoms with van der Waals surface area (Å²) in [7, 11) is 0.291. The normalized spacial score (nSPS) is 15.8. The van der Waals surface area contributed by atoms with Crippen LogP contribution in [0.15, 0.2) is 70.5 Å². The summed E-state index contributed by atoms with van der Waals surface area (Å²) in [5.41, 5.74) is 0. The summed E-state index contributed by atoms with van der Waals surface area (Å²) in [5, 5.41) is 0.875. The lowest BCUT2D eigenvalue weighted by atomic mass is 10.00. The Morgan fingerprint density at radius 3 is 1.53 bits per heavy atom. The molecule has 1 heteroatoms. The van der Waals surface area contributed by atoms with E-state index in [9.17, 15) is 0 Å². The molecule has 0 aromatic heterocycles. The Morgan fingerprint density at radius 1 is 0.706 bits per heavy atom. The van der Waals surface area contributed by atoms with Crippen molar-refractivity contribution in [2.75, 3.05) is 0 Å². The first kappa shape index (κ1) is 10.9. The van der Waals surface area contributed by atoms with Gasteiger partial charge in [0.15, 0.2) is 9.79 Å². The second kappa shape index (κ2) is 4.97. The molecule has 86 valence electrons. The van der Waals surface area contributed by atoms with Crippen molar-refractivity contribution < 1.29 is 0 Å². The van der Waals surface area contributed by atoms with Crippen molar-refractivity contribution >= 4 is 10.9 Å². The lowest BCUT2D eigenvalue weighted by Crippen LogP contribution is -2.28. The van der Waals surface area contributed by atoms with Gasteiger partial charge in [0.05, 0.1) is 10.9 Å². The largest absolute Gasteiger partial charge is 0.160 e. The third-order valence-corrected chi connectivity index (χ3v) is 6.08. The molecular formula is C16H17S+. The molecule has 2 aromatic carbocycles. The van der Waals surface area contributed by atoms with Crippen molar-refractivity contribution in [2.45, 2.75) is 34.3 Å². The molecule has 1 aliphatic rings. The minimum atomic E-state index is 0.291. The summed E-state index contributed by atoms with van der Waals surface area (Å²) in [6.45, 7) is 0. The van der Waals surface area contributed by atoms with Gasteiger partial charge >= 0.3 is 0 Å². The van der Waals surface area contributed by atoms with E-state index in [0.29, 0.717) is 10.9 Å². The molecule has 0 aliphatic heterocycles. The maximum absolute atomic E-state index is 2.29. The third-order valence-electron chi connectivity index (χ3n) is 3.38. The molecule has 1 fully saturated rings. The maximum atomic E-state index is 2.29. The van der Waals surface area contributed by atoms with Gasteiger partial charge in [0, 0.05) is 0 Å². The van der Waals surface area contributed by atoms with E-state index in [-0.39, 0.29) is 0 Å². The van der Waals surface area contributed by atoms with Gasteiger partial charge in [0.1, 0.15) is 5.25 Å². The van der Waals surface area contributed by atoms with Gasteiger partial charge in [0.2, 0.25) is 0 Å². The van der Waals surface area contributed by atoms with Crippen molar-refractivity contribution in [3.8, 4) is 0 Å². The topological polar surface area (TPSA) is 0 Å². The molecular weight excluding hydrogens is 224 g/mol. The van der Waals surface area contributed by atoms with Gasteiger partial charge in [-0.1, -0.05) is 36.4 Å². The minimum Gasteiger partial charge on any atom is -0.0619 e. The van der Waals surface area contributed by atoms with Crippen molar-refractivity contribution in [2.24, 2.45) is 0 Å². The van der Waals surface area contributed by atoms with Crippen LogP contribution in [-0.4, -0.2) is 5.25 Å². The standard InChI is InChI=1S/C16H17S/c1-3-8-14(9-4-1)17(16-12-7-13-16)15-10-5-2-6-11-15/h1-6,8-11,16H,7,12-13H2/q+1. The predicted octanol–water partition coefficient (Wildman–Crippen LogP) is 4.28. The van der Waals surface area contributed by atoms with E-state index in [4.69, 9.17) is 0 Å². The van der Waals surface area contributed by atoms with E-state index in [1.54, 1.807) is 0 Å². The summed E-state index contributed by atoms with van der Waals surface area (Å²) < 4.78 is 0. The van der Waals surface area contributed by atoms with Crippen molar-refractivity contribution in [1.82, 2.24) is 0 Å². The summed E-state index contributed by atoms with van der Waals surface area (Å²) in [6, 6.07) is 22.0. The Labute approximate surface area is 106 Å². The monoisotopic (exact) mass is 241 g/mol. The molecule has 0 atom stereocenters. The highest BCUT2D eigenvalue weighted by Gasteiger charge is 2.39. The van der Waals surface area contributed by atoms with Gasteiger partial charge in [-0.25, -0.2) is 0 Å². The molecule has 0 spiro atoms. The van der Waals surface area contributed by atoms with Crippen LogP contribution < -0.4 is 0 Å². The molecule has 3 rings (SSSR count). The maximum Gasteiger partial charge on any atom is 0.160 e. The van der Waals surface area contributed by atoms with Crippen LogP contribution in [-0.2, 0) is 10.9 Å². The quantitative estimate of drug-likeness (QED) is 0.704. The van der Waals surface area contributed by atoms with Crippen LogP contribution in [0, 0.1) is 0 Å². The predicted molar refractivity (Wildman–Crippen MR) is 74.4 cm³/mol. The Kier molecular flexibility index (Phi) is 3.19. The van der Waals surface area contributed by atoms with Crippen LogP contribution in [0.1, 0.15) is 19.3 Å². The van der Waals surface area contributed by atoms with E-state index in [1.807, 2.05) is 0 Å². The number of rotatable bonds is 3. The fourth-order valence-corrected chi connectivity index (χ4v) is 5.01. The molecule has 0 heterocycles. The highest BCUT2D eigenvalue weighted by Crippen LogP contribution is 2.37. The van der Waals surface area contributed by atoms with Crippen molar-refractivity contribution in [3.05, 3.63) is 60.7 Å². The van der Waals surface area contributed by atoms with Gasteiger partial charge in [0.25, 0.3) is 0 Å². The van der Waals surface area contributed by atoms with E-state index in [1.165, 1.54) is 29.1 Å². The van der Waals surface area contributed by atoms with Gasteiger partial charge in [-0.15, -0.1) is 0 Å². The van der Waals surface area contributed by atoms with E-state index < -0.39 is 0 Å². The molecule has 0 radical (unpaired) electrons. The number of hydrogen-bond acceptors (Lipinski definition) is 0. The zero-order valence-electron chi connectivity index (χ0n) is 9.88. The SMILES string of the molecule is c1ccc([S+](c2ccccc2)C2CCC2)cc1. The highest BCUT2D eigenvalue weighted by atomic mass is 32.2. The van der Waals surface area contributed by atoms with Crippen molar-refractivity contribution in [1.29, 1.82) is 0 Å². The molecule has 0 bridgehead atoms. The van der Waals surface area contributed by atoms with E-state index in [2.05, 4.69) is 60.7 Å². The summed E-state index contributed by atoms with van der Waals surface area (Å²) in [4.78, 5) is 3.01. The second-order valence-electron chi connectivity index (χ2n) is 4.52. The average Bonchev–Trinajstić information content (AvgIpc) is 2.36. The Hall–Kier alpha value is -1.21. The lowest BCUT2D eigenvalue weighted by Gasteiger charge is -2.25. The second-order valence-corrected chi connectivity index (χ2v) is 6.80. The van der Waals surface area contributed by atoms with Gasteiger partial charge in [-0.2, -0.15) is 0 Å². The first-order valence-electron chi connectivity index (χ1n) is 6.28. The fourth-order valence-electron chi connectivity index (χ4n) is 2.26. The number of hydrogen-bond donors (Lipinski definition) is 0. The van der Waals surface area contributed by atoms with Crippen LogP contribution in [0.3, 0.4) is 0 Å². The first-order valence-corrected chi connectivity index (χ1v) is 7.57. The van der Waals surface area contributed by atoms with Crippen LogP contribution in [0.25, 0.3) is 0 Å². The summed E-state index contributed by atoms with van der Waals surface area (Å²) in [5.74, 6) is 0. The molecule has 0 saturated heterocycles. The Bertz CT molecular complexity index is 420. The highest BCUT2D eigenvalue weighted by molar-refractivity contribution is 7.97. The van der Waals surface area contributed by atoms with Crippen LogP contribution in [0.5, 0.6) is 0 Å². The van der Waals surface area contributed by atoms with E-state index >= 15 is 0 Å². The van der Waals surface area contributed by atoms with Crippen LogP contribution >= 0.6 is 0 Å². The fraction of sp³-hybridized carbons (Fsp3) is 0.250. The molecule has 0 amide bonds. The van der Waals surface area contributed by atoms with Crippen LogP contribution in [0.4, 0.5) is 0 Å². The van der Waals surface area contributed by atoms with Gasteiger partial charge in [-0.3, -0.25) is 0 Å². The molecule has 1 saturated carbocycles. The lowest BCUT2D eigenvalue weighted by molar-refractivity contribution is 0.516. The molecule has 17 heavy (non-hydrogen) atoms. The summed E-state index contributed by atoms with van der Waals surface area (Å²) in [6.07, 6.45) is 4.20. The molecule has 0 nitrogen and oxygen atoms in total. The average molecular weight is 241 g/mol. The smallest absolute Gasteiger partial charge is 0.0619 e. The molecule has 0 unspecified atom stereocenters. The van der Waals surface area contributed by atoms with E-state index in [0.717, 1.165) is 5.25 Å².